The molecule has 0 unspecified atom stereocenters. The first-order valence-electron chi connectivity index (χ1n) is 9.44. The standard InChI is InChI=1S/C22H19N5O3S/c28-22(21-16-23-27(26-21)19-9-5-2-6-10-19)25-18-11-13-20(14-12-18)31(29,30)24-15-17-7-3-1-4-8-17/h1-14,16,24H,15H2,(H,25,28). The average molecular weight is 433 g/mol. The summed E-state index contributed by atoms with van der Waals surface area (Å²) in [6.45, 7) is 0.193. The highest BCUT2D eigenvalue weighted by molar-refractivity contribution is 7.89. The summed E-state index contributed by atoms with van der Waals surface area (Å²) in [4.78, 5) is 13.9. The fraction of sp³-hybridized carbons (Fsp3) is 0.0455. The zero-order valence-corrected chi connectivity index (χ0v) is 17.2. The zero-order chi connectivity index (χ0) is 21.7. The van der Waals surface area contributed by atoms with E-state index in [1.165, 1.54) is 35.3 Å². The van der Waals surface area contributed by atoms with Gasteiger partial charge in [-0.3, -0.25) is 4.79 Å². The molecule has 4 rings (SSSR count). The lowest BCUT2D eigenvalue weighted by molar-refractivity contribution is 0.102. The van der Waals surface area contributed by atoms with Crippen molar-refractivity contribution in [3.63, 3.8) is 0 Å². The van der Waals surface area contributed by atoms with E-state index in [1.807, 2.05) is 60.7 Å². The number of amides is 1. The summed E-state index contributed by atoms with van der Waals surface area (Å²) >= 11 is 0. The number of rotatable bonds is 7. The first-order chi connectivity index (χ1) is 15.0. The van der Waals surface area contributed by atoms with Crippen molar-refractivity contribution in [2.45, 2.75) is 11.4 Å². The second kappa shape index (κ2) is 8.90. The maximum absolute atomic E-state index is 12.5. The minimum absolute atomic E-state index is 0.108. The van der Waals surface area contributed by atoms with Crippen molar-refractivity contribution >= 4 is 21.6 Å². The molecule has 0 atom stereocenters. The van der Waals surface area contributed by atoms with Crippen molar-refractivity contribution in [1.29, 1.82) is 0 Å². The summed E-state index contributed by atoms with van der Waals surface area (Å²) in [6, 6.07) is 24.4. The Hall–Kier alpha value is -3.82. The Bertz CT molecular complexity index is 1270. The molecule has 1 aromatic heterocycles. The maximum Gasteiger partial charge on any atom is 0.277 e. The molecule has 0 spiro atoms. The van der Waals surface area contributed by atoms with Crippen LogP contribution in [0.4, 0.5) is 5.69 Å². The Morgan fingerprint density at radius 3 is 2.19 bits per heavy atom. The van der Waals surface area contributed by atoms with Gasteiger partial charge >= 0.3 is 0 Å². The highest BCUT2D eigenvalue weighted by Gasteiger charge is 2.15. The van der Waals surface area contributed by atoms with E-state index in [0.717, 1.165) is 11.3 Å². The molecule has 0 bridgehead atoms. The first-order valence-corrected chi connectivity index (χ1v) is 10.9. The van der Waals surface area contributed by atoms with Crippen LogP contribution in [0.5, 0.6) is 0 Å². The third kappa shape index (κ3) is 5.03. The first kappa shape index (κ1) is 20.5. The summed E-state index contributed by atoms with van der Waals surface area (Å²) in [6.07, 6.45) is 1.37. The van der Waals surface area contributed by atoms with E-state index in [2.05, 4.69) is 20.2 Å². The number of aromatic nitrogens is 3. The van der Waals surface area contributed by atoms with E-state index in [4.69, 9.17) is 0 Å². The van der Waals surface area contributed by atoms with Crippen LogP contribution in [0.25, 0.3) is 5.69 Å². The molecule has 0 radical (unpaired) electrons. The molecule has 1 amide bonds. The Balaban J connectivity index is 1.40. The Morgan fingerprint density at radius 2 is 1.52 bits per heavy atom. The number of carbonyl (C=O) groups excluding carboxylic acids is 1. The Kier molecular flexibility index (Phi) is 5.87. The number of nitrogens with one attached hydrogen (secondary N) is 2. The largest absolute Gasteiger partial charge is 0.321 e. The van der Waals surface area contributed by atoms with Crippen molar-refractivity contribution in [1.82, 2.24) is 19.7 Å². The molecule has 0 aliphatic heterocycles. The maximum atomic E-state index is 12.5. The SMILES string of the molecule is O=C(Nc1ccc(S(=O)(=O)NCc2ccccc2)cc1)c1cnn(-c2ccccc2)n1. The molecule has 0 aliphatic carbocycles. The molecule has 0 saturated heterocycles. The number of hydrogen-bond donors (Lipinski definition) is 2. The number of carbonyl (C=O) groups is 1. The summed E-state index contributed by atoms with van der Waals surface area (Å²) in [5.74, 6) is -0.444. The van der Waals surface area contributed by atoms with Crippen LogP contribution in [0, 0.1) is 0 Å². The third-order valence-electron chi connectivity index (χ3n) is 4.44. The molecule has 1 heterocycles. The van der Waals surface area contributed by atoms with Crippen LogP contribution in [0.3, 0.4) is 0 Å². The second-order valence-corrected chi connectivity index (χ2v) is 8.41. The summed E-state index contributed by atoms with van der Waals surface area (Å²) in [5, 5.41) is 11.0. The third-order valence-corrected chi connectivity index (χ3v) is 5.86. The highest BCUT2D eigenvalue weighted by atomic mass is 32.2. The number of sulfonamides is 1. The van der Waals surface area contributed by atoms with Gasteiger partial charge in [0.2, 0.25) is 10.0 Å². The molecule has 3 aromatic carbocycles. The second-order valence-electron chi connectivity index (χ2n) is 6.64. The summed E-state index contributed by atoms with van der Waals surface area (Å²) in [7, 11) is -3.67. The van der Waals surface area contributed by atoms with E-state index in [0.29, 0.717) is 5.69 Å². The number of anilines is 1. The molecule has 0 saturated carbocycles. The van der Waals surface area contributed by atoms with Crippen molar-refractivity contribution in [2.75, 3.05) is 5.32 Å². The fourth-order valence-corrected chi connectivity index (χ4v) is 3.84. The molecule has 0 fully saturated rings. The van der Waals surface area contributed by atoms with Gasteiger partial charge in [-0.05, 0) is 42.0 Å². The van der Waals surface area contributed by atoms with Crippen LogP contribution in [0.15, 0.2) is 96.0 Å². The average Bonchev–Trinajstić information content (AvgIpc) is 3.30. The normalized spacial score (nSPS) is 11.2. The van der Waals surface area contributed by atoms with Crippen LogP contribution < -0.4 is 10.0 Å². The number of benzene rings is 3. The minimum atomic E-state index is -3.67. The van der Waals surface area contributed by atoms with Gasteiger partial charge in [0.15, 0.2) is 5.69 Å². The van der Waals surface area contributed by atoms with Crippen molar-refractivity contribution < 1.29 is 13.2 Å². The predicted octanol–water partition coefficient (Wildman–Crippen LogP) is 3.00. The molecule has 9 heteroatoms. The van der Waals surface area contributed by atoms with Gasteiger partial charge in [-0.2, -0.15) is 9.90 Å². The Morgan fingerprint density at radius 1 is 0.871 bits per heavy atom. The van der Waals surface area contributed by atoms with Crippen molar-refractivity contribution in [3.05, 3.63) is 102 Å². The van der Waals surface area contributed by atoms with Crippen molar-refractivity contribution in [2.24, 2.45) is 0 Å². The predicted molar refractivity (Wildman–Crippen MR) is 116 cm³/mol. The lowest BCUT2D eigenvalue weighted by Crippen LogP contribution is -2.23. The van der Waals surface area contributed by atoms with Gasteiger partial charge in [0, 0.05) is 12.2 Å². The fourth-order valence-electron chi connectivity index (χ4n) is 2.82. The number of para-hydroxylation sites is 1. The van der Waals surface area contributed by atoms with Gasteiger partial charge < -0.3 is 5.32 Å². The van der Waals surface area contributed by atoms with Gasteiger partial charge in [-0.15, -0.1) is 5.10 Å². The Labute approximate surface area is 179 Å². The molecule has 2 N–H and O–H groups in total. The van der Waals surface area contributed by atoms with Crippen LogP contribution in [0.1, 0.15) is 16.1 Å². The van der Waals surface area contributed by atoms with Crippen LogP contribution in [-0.2, 0) is 16.6 Å². The van der Waals surface area contributed by atoms with Gasteiger partial charge in [0.05, 0.1) is 16.8 Å². The highest BCUT2D eigenvalue weighted by Crippen LogP contribution is 2.15. The van der Waals surface area contributed by atoms with E-state index in [9.17, 15) is 13.2 Å². The van der Waals surface area contributed by atoms with Crippen LogP contribution >= 0.6 is 0 Å². The van der Waals surface area contributed by atoms with Crippen LogP contribution in [-0.4, -0.2) is 29.3 Å². The molecule has 31 heavy (non-hydrogen) atoms. The van der Waals surface area contributed by atoms with Crippen molar-refractivity contribution in [3.8, 4) is 5.69 Å². The topological polar surface area (TPSA) is 106 Å². The van der Waals surface area contributed by atoms with E-state index in [1.54, 1.807) is 0 Å². The van der Waals surface area contributed by atoms with E-state index in [-0.39, 0.29) is 17.1 Å². The monoisotopic (exact) mass is 433 g/mol. The summed E-state index contributed by atoms with van der Waals surface area (Å²) < 4.78 is 27.5. The number of nitrogens with zero attached hydrogens (tertiary/aromatic N) is 3. The molecule has 4 aromatic rings. The van der Waals surface area contributed by atoms with Gasteiger partial charge in [0.25, 0.3) is 5.91 Å². The van der Waals surface area contributed by atoms with Gasteiger partial charge in [-0.1, -0.05) is 48.5 Å². The van der Waals surface area contributed by atoms with Gasteiger partial charge in [0.1, 0.15) is 0 Å². The summed E-state index contributed by atoms with van der Waals surface area (Å²) in [5.41, 5.74) is 2.18. The molecule has 0 aliphatic rings. The van der Waals surface area contributed by atoms with E-state index < -0.39 is 15.9 Å². The molecule has 156 valence electrons. The minimum Gasteiger partial charge on any atom is -0.321 e. The smallest absolute Gasteiger partial charge is 0.277 e. The molecule has 8 nitrogen and oxygen atoms in total. The zero-order valence-electron chi connectivity index (χ0n) is 16.3. The quantitative estimate of drug-likeness (QED) is 0.466. The lowest BCUT2D eigenvalue weighted by atomic mass is 10.2. The number of hydrogen-bond acceptors (Lipinski definition) is 5. The van der Waals surface area contributed by atoms with Crippen LogP contribution in [0.2, 0.25) is 0 Å². The lowest BCUT2D eigenvalue weighted by Gasteiger charge is -2.08. The molecular weight excluding hydrogens is 414 g/mol. The van der Waals surface area contributed by atoms with E-state index >= 15 is 0 Å². The molecular formula is C22H19N5O3S. The van der Waals surface area contributed by atoms with Gasteiger partial charge in [-0.25, -0.2) is 13.1 Å².